The third-order valence-corrected chi connectivity index (χ3v) is 2.30. The molecule has 2 radical (unpaired) electrons. The molecular weight excluding hydrogens is 207 g/mol. The number of aryl methyl sites for hydroxylation is 1. The molecule has 0 saturated heterocycles. The van der Waals surface area contributed by atoms with E-state index in [4.69, 9.17) is 13.6 Å². The average molecular weight is 216 g/mol. The minimum absolute atomic E-state index is 0.0103. The highest BCUT2D eigenvalue weighted by atomic mass is 16.5. The standard InChI is InChI=1S/C9H9BN4O2/c1-14-3-12-6-4(10)5(11)7(9(15)16-2)13-8(6)14/h3H,11H2,1-2H3. The number of hydrogen-bond acceptors (Lipinski definition) is 5. The summed E-state index contributed by atoms with van der Waals surface area (Å²) in [4.78, 5) is 19.5. The lowest BCUT2D eigenvalue weighted by molar-refractivity contribution is 0.0596. The van der Waals surface area contributed by atoms with Crippen molar-refractivity contribution < 1.29 is 9.53 Å². The number of fused-ring (bicyclic) bond motifs is 1. The summed E-state index contributed by atoms with van der Waals surface area (Å²) in [7, 11) is 8.78. The Balaban J connectivity index is 2.81. The second-order valence-electron chi connectivity index (χ2n) is 3.31. The van der Waals surface area contributed by atoms with Crippen LogP contribution in [0.5, 0.6) is 0 Å². The lowest BCUT2D eigenvalue weighted by Crippen LogP contribution is -2.19. The van der Waals surface area contributed by atoms with E-state index in [-0.39, 0.29) is 16.8 Å². The molecule has 0 aliphatic rings. The molecule has 2 aromatic heterocycles. The lowest BCUT2D eigenvalue weighted by Gasteiger charge is -2.07. The molecule has 0 amide bonds. The normalized spacial score (nSPS) is 10.6. The molecular formula is C9H9BN4O2. The number of nitrogens with two attached hydrogens (primary N) is 1. The van der Waals surface area contributed by atoms with E-state index in [1.165, 1.54) is 7.11 Å². The summed E-state index contributed by atoms with van der Waals surface area (Å²) in [5.41, 5.74) is 7.02. The van der Waals surface area contributed by atoms with Gasteiger partial charge in [-0.2, -0.15) is 0 Å². The fourth-order valence-corrected chi connectivity index (χ4v) is 1.42. The van der Waals surface area contributed by atoms with E-state index in [9.17, 15) is 4.79 Å². The minimum atomic E-state index is -0.618. The quantitative estimate of drug-likeness (QED) is 0.494. The number of pyridine rings is 1. The molecule has 0 spiro atoms. The van der Waals surface area contributed by atoms with E-state index in [1.807, 2.05) is 0 Å². The molecule has 16 heavy (non-hydrogen) atoms. The van der Waals surface area contributed by atoms with Gasteiger partial charge in [0.1, 0.15) is 13.4 Å². The number of hydrogen-bond donors (Lipinski definition) is 1. The van der Waals surface area contributed by atoms with Gasteiger partial charge in [0.15, 0.2) is 11.3 Å². The number of nitrogen functional groups attached to an aromatic ring is 1. The Hall–Kier alpha value is -2.05. The molecule has 2 aromatic rings. The first-order valence-electron chi connectivity index (χ1n) is 4.50. The van der Waals surface area contributed by atoms with Crippen LogP contribution in [0.4, 0.5) is 5.69 Å². The molecule has 0 saturated carbocycles. The van der Waals surface area contributed by atoms with E-state index in [0.29, 0.717) is 11.2 Å². The van der Waals surface area contributed by atoms with Crippen molar-refractivity contribution in [2.45, 2.75) is 0 Å². The topological polar surface area (TPSA) is 83.0 Å². The third-order valence-electron chi connectivity index (χ3n) is 2.30. The zero-order valence-corrected chi connectivity index (χ0v) is 8.89. The van der Waals surface area contributed by atoms with Crippen molar-refractivity contribution in [2.75, 3.05) is 12.8 Å². The molecule has 0 atom stereocenters. The summed E-state index contributed by atoms with van der Waals surface area (Å²) in [5.74, 6) is -0.618. The number of ether oxygens (including phenoxy) is 1. The van der Waals surface area contributed by atoms with Gasteiger partial charge in [0.05, 0.1) is 19.1 Å². The largest absolute Gasteiger partial charge is 0.464 e. The average Bonchev–Trinajstić information content (AvgIpc) is 2.64. The van der Waals surface area contributed by atoms with Crippen LogP contribution < -0.4 is 11.2 Å². The van der Waals surface area contributed by atoms with Crippen LogP contribution in [0, 0.1) is 0 Å². The molecule has 0 aliphatic carbocycles. The molecule has 2 rings (SSSR count). The first kappa shape index (κ1) is 10.5. The monoisotopic (exact) mass is 216 g/mol. The maximum atomic E-state index is 11.4. The van der Waals surface area contributed by atoms with Crippen molar-refractivity contribution in [1.82, 2.24) is 14.5 Å². The molecule has 80 valence electrons. The van der Waals surface area contributed by atoms with Crippen LogP contribution in [0.15, 0.2) is 6.33 Å². The van der Waals surface area contributed by atoms with Crippen molar-refractivity contribution >= 4 is 36.1 Å². The van der Waals surface area contributed by atoms with Crippen LogP contribution in [0.1, 0.15) is 10.5 Å². The molecule has 0 bridgehead atoms. The maximum Gasteiger partial charge on any atom is 0.358 e. The Morgan fingerprint density at radius 1 is 1.62 bits per heavy atom. The van der Waals surface area contributed by atoms with Crippen LogP contribution in [-0.4, -0.2) is 35.5 Å². The number of methoxy groups -OCH3 is 1. The fourth-order valence-electron chi connectivity index (χ4n) is 1.42. The minimum Gasteiger partial charge on any atom is -0.464 e. The summed E-state index contributed by atoms with van der Waals surface area (Å²) in [6, 6.07) is 0. The van der Waals surface area contributed by atoms with E-state index in [1.54, 1.807) is 17.9 Å². The lowest BCUT2D eigenvalue weighted by atomic mass is 9.93. The zero-order valence-electron chi connectivity index (χ0n) is 8.89. The molecule has 0 aromatic carbocycles. The number of carbonyl (C=O) groups is 1. The number of aromatic nitrogens is 3. The Morgan fingerprint density at radius 2 is 2.31 bits per heavy atom. The summed E-state index contributed by atoms with van der Waals surface area (Å²) in [6.45, 7) is 0. The molecule has 0 aliphatic heterocycles. The second kappa shape index (κ2) is 3.51. The van der Waals surface area contributed by atoms with Gasteiger partial charge >= 0.3 is 5.97 Å². The smallest absolute Gasteiger partial charge is 0.358 e. The summed E-state index contributed by atoms with van der Waals surface area (Å²) >= 11 is 0. The number of rotatable bonds is 1. The van der Waals surface area contributed by atoms with Crippen molar-refractivity contribution in [1.29, 1.82) is 0 Å². The van der Waals surface area contributed by atoms with Gasteiger partial charge in [0.25, 0.3) is 0 Å². The molecule has 6 nitrogen and oxygen atoms in total. The van der Waals surface area contributed by atoms with Gasteiger partial charge in [-0.3, -0.25) is 0 Å². The highest BCUT2D eigenvalue weighted by molar-refractivity contribution is 6.42. The van der Waals surface area contributed by atoms with Crippen LogP contribution in [0.2, 0.25) is 0 Å². The zero-order chi connectivity index (χ0) is 11.9. The van der Waals surface area contributed by atoms with Gasteiger partial charge in [0, 0.05) is 7.05 Å². The van der Waals surface area contributed by atoms with Crippen molar-refractivity contribution in [3.8, 4) is 0 Å². The Morgan fingerprint density at radius 3 is 2.94 bits per heavy atom. The predicted molar refractivity (Wildman–Crippen MR) is 59.6 cm³/mol. The van der Waals surface area contributed by atoms with Gasteiger partial charge in [-0.25, -0.2) is 14.8 Å². The van der Waals surface area contributed by atoms with Gasteiger partial charge in [-0.1, -0.05) is 0 Å². The number of esters is 1. The number of anilines is 1. The number of nitrogens with zero attached hydrogens (tertiary/aromatic N) is 3. The summed E-state index contributed by atoms with van der Waals surface area (Å²) < 4.78 is 6.22. The number of carbonyl (C=O) groups excluding carboxylic acids is 1. The van der Waals surface area contributed by atoms with Gasteiger partial charge in [-0.15, -0.1) is 0 Å². The predicted octanol–water partition coefficient (Wildman–Crippen LogP) is -0.869. The summed E-state index contributed by atoms with van der Waals surface area (Å²) in [5, 5.41) is 0. The van der Waals surface area contributed by atoms with Crippen LogP contribution >= 0.6 is 0 Å². The van der Waals surface area contributed by atoms with E-state index in [0.717, 1.165) is 0 Å². The number of imidazole rings is 1. The molecule has 7 heteroatoms. The van der Waals surface area contributed by atoms with E-state index < -0.39 is 5.97 Å². The van der Waals surface area contributed by atoms with Crippen LogP contribution in [0.25, 0.3) is 11.2 Å². The fraction of sp³-hybridized carbons (Fsp3) is 0.222. The highest BCUT2D eigenvalue weighted by Gasteiger charge is 2.18. The van der Waals surface area contributed by atoms with E-state index >= 15 is 0 Å². The Labute approximate surface area is 92.8 Å². The van der Waals surface area contributed by atoms with Crippen molar-refractivity contribution in [2.24, 2.45) is 7.05 Å². The van der Waals surface area contributed by atoms with Gasteiger partial charge in [-0.05, 0) is 5.46 Å². The molecule has 0 fully saturated rings. The van der Waals surface area contributed by atoms with Crippen LogP contribution in [-0.2, 0) is 11.8 Å². The highest BCUT2D eigenvalue weighted by Crippen LogP contribution is 2.14. The first-order valence-corrected chi connectivity index (χ1v) is 4.50. The van der Waals surface area contributed by atoms with E-state index in [2.05, 4.69) is 14.7 Å². The molecule has 2 N–H and O–H groups in total. The maximum absolute atomic E-state index is 11.4. The van der Waals surface area contributed by atoms with Gasteiger partial charge < -0.3 is 15.0 Å². The summed E-state index contributed by atoms with van der Waals surface area (Å²) in [6.07, 6.45) is 1.55. The molecule has 0 unspecified atom stereocenters. The second-order valence-corrected chi connectivity index (χ2v) is 3.31. The van der Waals surface area contributed by atoms with Crippen LogP contribution in [0.3, 0.4) is 0 Å². The van der Waals surface area contributed by atoms with Crippen molar-refractivity contribution in [3.63, 3.8) is 0 Å². The Bertz CT molecular complexity index is 578. The first-order chi connectivity index (χ1) is 7.56. The van der Waals surface area contributed by atoms with Gasteiger partial charge in [0.2, 0.25) is 0 Å². The van der Waals surface area contributed by atoms with Crippen molar-refractivity contribution in [3.05, 3.63) is 12.0 Å². The Kier molecular flexibility index (Phi) is 2.30. The molecule has 2 heterocycles. The SMILES string of the molecule is [B]c1c(N)c(C(=O)OC)nc2c1ncn2C. The third kappa shape index (κ3) is 1.32.